The van der Waals surface area contributed by atoms with Crippen molar-refractivity contribution in [1.82, 2.24) is 10.3 Å². The molecule has 0 radical (unpaired) electrons. The van der Waals surface area contributed by atoms with E-state index in [1.54, 1.807) is 12.3 Å². The maximum absolute atomic E-state index is 13.2. The highest BCUT2D eigenvalue weighted by Crippen LogP contribution is 2.23. The summed E-state index contributed by atoms with van der Waals surface area (Å²) in [7, 11) is 0. The molecule has 1 atom stereocenters. The molecule has 2 heterocycles. The summed E-state index contributed by atoms with van der Waals surface area (Å²) >= 11 is 0. The van der Waals surface area contributed by atoms with Crippen molar-refractivity contribution < 1.29 is 4.39 Å². The minimum Gasteiger partial charge on any atom is -0.316 e. The molecule has 1 aromatic heterocycles. The van der Waals surface area contributed by atoms with E-state index in [0.29, 0.717) is 5.92 Å². The third-order valence-electron chi connectivity index (χ3n) is 2.30. The summed E-state index contributed by atoms with van der Waals surface area (Å²) in [5.41, 5.74) is 0.801. The molecule has 1 fully saturated rings. The van der Waals surface area contributed by atoms with Crippen LogP contribution in [-0.2, 0) is 0 Å². The summed E-state index contributed by atoms with van der Waals surface area (Å²) in [5.74, 6) is 0.166. The van der Waals surface area contributed by atoms with Crippen molar-refractivity contribution in [3.8, 4) is 0 Å². The highest BCUT2D eigenvalue weighted by Gasteiger charge is 2.19. The summed E-state index contributed by atoms with van der Waals surface area (Å²) in [5, 5.41) is 3.21. The van der Waals surface area contributed by atoms with E-state index in [1.807, 2.05) is 0 Å². The summed E-state index contributed by atoms with van der Waals surface area (Å²) in [6.07, 6.45) is 3.96. The number of hydrogen-bond donors (Lipinski definition) is 1. The van der Waals surface area contributed by atoms with Crippen LogP contribution in [0.2, 0.25) is 0 Å². The third-order valence-corrected chi connectivity index (χ3v) is 2.30. The molecule has 72 valence electrons. The van der Waals surface area contributed by atoms with Crippen molar-refractivity contribution in [2.45, 2.75) is 12.3 Å². The fourth-order valence-corrected chi connectivity index (χ4v) is 1.64. The van der Waals surface area contributed by atoms with Crippen molar-refractivity contribution >= 4 is 12.4 Å². The van der Waals surface area contributed by atoms with Crippen LogP contribution in [0.15, 0.2) is 18.5 Å². The van der Waals surface area contributed by atoms with Gasteiger partial charge in [-0.15, -0.1) is 12.4 Å². The Morgan fingerprint density at radius 3 is 3.00 bits per heavy atom. The Morgan fingerprint density at radius 1 is 1.54 bits per heavy atom. The summed E-state index contributed by atoms with van der Waals surface area (Å²) in [4.78, 5) is 3.72. The quantitative estimate of drug-likeness (QED) is 0.750. The minimum atomic E-state index is -0.175. The number of rotatable bonds is 1. The molecule has 1 aromatic rings. The maximum Gasteiger partial charge on any atom is 0.144 e. The molecular formula is C9H12ClFN2. The van der Waals surface area contributed by atoms with Crippen LogP contribution in [0.5, 0.6) is 0 Å². The Morgan fingerprint density at radius 2 is 2.38 bits per heavy atom. The standard InChI is InChI=1S/C9H11FN2.ClH/c10-9-6-12-4-2-8(9)7-1-3-11-5-7;/h2,4,6-7,11H,1,3,5H2;1H. The molecule has 1 N–H and O–H groups in total. The molecule has 13 heavy (non-hydrogen) atoms. The Bertz CT molecular complexity index is 274. The zero-order valence-electron chi connectivity index (χ0n) is 7.16. The lowest BCUT2D eigenvalue weighted by Gasteiger charge is -2.08. The normalized spacial score (nSPS) is 21.2. The van der Waals surface area contributed by atoms with E-state index >= 15 is 0 Å². The monoisotopic (exact) mass is 202 g/mol. The van der Waals surface area contributed by atoms with Gasteiger partial charge in [0.1, 0.15) is 5.82 Å². The summed E-state index contributed by atoms with van der Waals surface area (Å²) < 4.78 is 13.2. The number of pyridine rings is 1. The molecule has 1 saturated heterocycles. The zero-order valence-corrected chi connectivity index (χ0v) is 7.98. The van der Waals surface area contributed by atoms with E-state index in [0.717, 1.165) is 25.1 Å². The first-order chi connectivity index (χ1) is 5.88. The van der Waals surface area contributed by atoms with Gasteiger partial charge in [-0.25, -0.2) is 4.39 Å². The largest absolute Gasteiger partial charge is 0.316 e. The Kier molecular flexibility index (Phi) is 3.63. The first-order valence-corrected chi connectivity index (χ1v) is 4.18. The second-order valence-electron chi connectivity index (χ2n) is 3.09. The average Bonchev–Trinajstić information content (AvgIpc) is 2.57. The van der Waals surface area contributed by atoms with E-state index in [4.69, 9.17) is 0 Å². The molecule has 1 aliphatic heterocycles. The van der Waals surface area contributed by atoms with Gasteiger partial charge >= 0.3 is 0 Å². The van der Waals surface area contributed by atoms with Gasteiger partial charge in [-0.3, -0.25) is 4.98 Å². The fraction of sp³-hybridized carbons (Fsp3) is 0.444. The first-order valence-electron chi connectivity index (χ1n) is 4.18. The molecule has 0 bridgehead atoms. The SMILES string of the molecule is Cl.Fc1cnccc1C1CCNC1. The Hall–Kier alpha value is -0.670. The topological polar surface area (TPSA) is 24.9 Å². The van der Waals surface area contributed by atoms with Gasteiger partial charge in [-0.1, -0.05) is 0 Å². The molecule has 1 unspecified atom stereocenters. The summed E-state index contributed by atoms with van der Waals surface area (Å²) in [6.45, 7) is 1.88. The van der Waals surface area contributed by atoms with Crippen molar-refractivity contribution in [2.75, 3.05) is 13.1 Å². The maximum atomic E-state index is 13.2. The van der Waals surface area contributed by atoms with Gasteiger partial charge in [0.2, 0.25) is 0 Å². The van der Waals surface area contributed by atoms with Crippen LogP contribution in [0.4, 0.5) is 4.39 Å². The molecule has 2 nitrogen and oxygen atoms in total. The van der Waals surface area contributed by atoms with Gasteiger partial charge in [0.05, 0.1) is 6.20 Å². The van der Waals surface area contributed by atoms with Crippen molar-refractivity contribution in [3.63, 3.8) is 0 Å². The number of halogens is 2. The molecular weight excluding hydrogens is 191 g/mol. The zero-order chi connectivity index (χ0) is 8.39. The van der Waals surface area contributed by atoms with Gasteiger partial charge in [0.15, 0.2) is 0 Å². The van der Waals surface area contributed by atoms with Crippen LogP contribution in [0, 0.1) is 5.82 Å². The lowest BCUT2D eigenvalue weighted by molar-refractivity contribution is 0.582. The van der Waals surface area contributed by atoms with Crippen LogP contribution in [-0.4, -0.2) is 18.1 Å². The third kappa shape index (κ3) is 2.17. The second-order valence-corrected chi connectivity index (χ2v) is 3.09. The minimum absolute atomic E-state index is 0. The predicted octanol–water partition coefficient (Wildman–Crippen LogP) is 1.72. The van der Waals surface area contributed by atoms with E-state index in [2.05, 4.69) is 10.3 Å². The van der Waals surface area contributed by atoms with Crippen LogP contribution in [0.3, 0.4) is 0 Å². The Labute approximate surface area is 83.0 Å². The van der Waals surface area contributed by atoms with Crippen LogP contribution in [0.1, 0.15) is 17.9 Å². The first kappa shape index (κ1) is 10.4. The number of aromatic nitrogens is 1. The van der Waals surface area contributed by atoms with Crippen molar-refractivity contribution in [1.29, 1.82) is 0 Å². The summed E-state index contributed by atoms with van der Waals surface area (Å²) in [6, 6.07) is 1.77. The molecule has 0 spiro atoms. The average molecular weight is 203 g/mol. The van der Waals surface area contributed by atoms with E-state index in [9.17, 15) is 4.39 Å². The molecule has 0 amide bonds. The molecule has 0 aromatic carbocycles. The van der Waals surface area contributed by atoms with Gasteiger partial charge in [-0.05, 0) is 24.6 Å². The van der Waals surface area contributed by atoms with E-state index < -0.39 is 0 Å². The van der Waals surface area contributed by atoms with Crippen molar-refractivity contribution in [3.05, 3.63) is 29.8 Å². The van der Waals surface area contributed by atoms with E-state index in [-0.39, 0.29) is 18.2 Å². The molecule has 0 aliphatic carbocycles. The fourth-order valence-electron chi connectivity index (χ4n) is 1.64. The lowest BCUT2D eigenvalue weighted by atomic mass is 9.99. The van der Waals surface area contributed by atoms with E-state index in [1.165, 1.54) is 6.20 Å². The molecule has 1 aliphatic rings. The number of nitrogens with one attached hydrogen (secondary N) is 1. The number of nitrogens with zero attached hydrogens (tertiary/aromatic N) is 1. The molecule has 2 rings (SSSR count). The van der Waals surface area contributed by atoms with Gasteiger partial charge < -0.3 is 5.32 Å². The van der Waals surface area contributed by atoms with Crippen molar-refractivity contribution in [2.24, 2.45) is 0 Å². The molecule has 0 saturated carbocycles. The van der Waals surface area contributed by atoms with Crippen LogP contribution < -0.4 is 5.32 Å². The smallest absolute Gasteiger partial charge is 0.144 e. The lowest BCUT2D eigenvalue weighted by Crippen LogP contribution is -2.08. The number of hydrogen-bond acceptors (Lipinski definition) is 2. The van der Waals surface area contributed by atoms with Crippen LogP contribution >= 0.6 is 12.4 Å². The van der Waals surface area contributed by atoms with Gasteiger partial charge in [0.25, 0.3) is 0 Å². The predicted molar refractivity (Wildman–Crippen MR) is 51.7 cm³/mol. The van der Waals surface area contributed by atoms with Gasteiger partial charge in [-0.2, -0.15) is 0 Å². The second kappa shape index (κ2) is 4.53. The highest BCUT2D eigenvalue weighted by atomic mass is 35.5. The molecule has 4 heteroatoms. The van der Waals surface area contributed by atoms with Gasteiger partial charge in [0, 0.05) is 18.7 Å². The highest BCUT2D eigenvalue weighted by molar-refractivity contribution is 5.85. The van der Waals surface area contributed by atoms with Crippen LogP contribution in [0.25, 0.3) is 0 Å². The Balaban J connectivity index is 0.000000845.